The number of hydrogen-bond acceptors (Lipinski definition) is 3. The van der Waals surface area contributed by atoms with E-state index in [0.29, 0.717) is 6.42 Å². The van der Waals surface area contributed by atoms with Gasteiger partial charge in [-0.15, -0.1) is 0 Å². The van der Waals surface area contributed by atoms with Gasteiger partial charge in [-0.2, -0.15) is 0 Å². The first-order valence-electron chi connectivity index (χ1n) is 10.1. The highest BCUT2D eigenvalue weighted by Crippen LogP contribution is 2.61. The van der Waals surface area contributed by atoms with Crippen molar-refractivity contribution in [1.82, 2.24) is 0 Å². The molecule has 3 nitrogen and oxygen atoms in total. The van der Waals surface area contributed by atoms with E-state index in [-0.39, 0.29) is 17.9 Å². The molecule has 0 saturated heterocycles. The molecule has 1 aliphatic rings. The van der Waals surface area contributed by atoms with E-state index in [1.54, 1.807) is 6.92 Å². The molecule has 0 amide bonds. The van der Waals surface area contributed by atoms with Crippen molar-refractivity contribution in [3.8, 4) is 0 Å². The van der Waals surface area contributed by atoms with Crippen LogP contribution in [0.2, 0.25) is 0 Å². The number of benzene rings is 3. The van der Waals surface area contributed by atoms with Crippen molar-refractivity contribution in [2.24, 2.45) is 5.92 Å². The first-order valence-corrected chi connectivity index (χ1v) is 10.1. The van der Waals surface area contributed by atoms with Crippen LogP contribution in [0, 0.1) is 5.92 Å². The monoisotopic (exact) mass is 384 g/mol. The number of ether oxygens (including phenoxy) is 1. The Labute approximate surface area is 171 Å². The van der Waals surface area contributed by atoms with Gasteiger partial charge in [0.1, 0.15) is 0 Å². The minimum absolute atomic E-state index is 0.134. The third-order valence-electron chi connectivity index (χ3n) is 6.03. The molecular weight excluding hydrogens is 360 g/mol. The predicted octanol–water partition coefficient (Wildman–Crippen LogP) is 4.91. The zero-order chi connectivity index (χ0) is 20.3. The van der Waals surface area contributed by atoms with Gasteiger partial charge in [0.2, 0.25) is 5.78 Å². The average molecular weight is 384 g/mol. The Hall–Kier alpha value is -3.20. The van der Waals surface area contributed by atoms with Gasteiger partial charge < -0.3 is 4.74 Å². The summed E-state index contributed by atoms with van der Waals surface area (Å²) in [6.45, 7) is 1.93. The minimum Gasteiger partial charge on any atom is -0.460 e. The molecule has 3 heteroatoms. The molecule has 0 aromatic heterocycles. The van der Waals surface area contributed by atoms with Crippen LogP contribution in [0.1, 0.15) is 36.0 Å². The van der Waals surface area contributed by atoms with E-state index >= 15 is 0 Å². The average Bonchev–Trinajstić information content (AvgIpc) is 2.76. The van der Waals surface area contributed by atoms with Gasteiger partial charge in [-0.1, -0.05) is 91.0 Å². The molecule has 1 fully saturated rings. The fraction of sp³-hybridized carbons (Fsp3) is 0.231. The number of carbonyl (C=O) groups is 2. The number of carbonyl (C=O) groups excluding carboxylic acids is 2. The highest BCUT2D eigenvalue weighted by molar-refractivity contribution is 6.35. The molecule has 0 heterocycles. The second-order valence-corrected chi connectivity index (χ2v) is 7.49. The Morgan fingerprint density at radius 3 is 1.79 bits per heavy atom. The zero-order valence-electron chi connectivity index (χ0n) is 16.5. The van der Waals surface area contributed by atoms with Crippen LogP contribution in [0.25, 0.3) is 0 Å². The second kappa shape index (κ2) is 8.04. The fourth-order valence-corrected chi connectivity index (χ4v) is 4.78. The quantitative estimate of drug-likeness (QED) is 0.448. The lowest BCUT2D eigenvalue weighted by Gasteiger charge is -2.55. The number of Topliss-reactive ketones (excluding diaryl/α,β-unsaturated/α-hetero) is 1. The number of rotatable bonds is 6. The van der Waals surface area contributed by atoms with Crippen LogP contribution in [-0.4, -0.2) is 18.4 Å². The molecule has 0 radical (unpaired) electrons. The molecule has 0 aliphatic heterocycles. The summed E-state index contributed by atoms with van der Waals surface area (Å²) >= 11 is 0. The Bertz CT molecular complexity index is 941. The molecule has 0 unspecified atom stereocenters. The highest BCUT2D eigenvalue weighted by atomic mass is 16.5. The van der Waals surface area contributed by atoms with Crippen molar-refractivity contribution >= 4 is 11.8 Å². The zero-order valence-corrected chi connectivity index (χ0v) is 16.5. The molecule has 3 aromatic rings. The van der Waals surface area contributed by atoms with Crippen LogP contribution in [0.4, 0.5) is 0 Å². The largest absolute Gasteiger partial charge is 0.460 e. The molecule has 1 aliphatic carbocycles. The number of ketones is 1. The summed E-state index contributed by atoms with van der Waals surface area (Å²) < 4.78 is 5.04. The van der Waals surface area contributed by atoms with Crippen molar-refractivity contribution in [2.45, 2.75) is 24.7 Å². The van der Waals surface area contributed by atoms with Crippen LogP contribution in [-0.2, 0) is 19.7 Å². The van der Waals surface area contributed by atoms with Crippen LogP contribution in [0.3, 0.4) is 0 Å². The lowest BCUT2D eigenvalue weighted by Crippen LogP contribution is -2.54. The highest BCUT2D eigenvalue weighted by Gasteiger charge is 2.59. The van der Waals surface area contributed by atoms with Crippen molar-refractivity contribution in [2.75, 3.05) is 6.61 Å². The Morgan fingerprint density at radius 1 is 0.828 bits per heavy atom. The van der Waals surface area contributed by atoms with Gasteiger partial charge in [-0.25, -0.2) is 4.79 Å². The molecule has 0 N–H and O–H groups in total. The van der Waals surface area contributed by atoms with E-state index in [1.807, 2.05) is 54.6 Å². The van der Waals surface area contributed by atoms with E-state index in [0.717, 1.165) is 16.7 Å². The summed E-state index contributed by atoms with van der Waals surface area (Å²) in [5.74, 6) is -1.70. The number of esters is 1. The van der Waals surface area contributed by atoms with Crippen molar-refractivity contribution < 1.29 is 14.3 Å². The Kier molecular flexibility index (Phi) is 5.30. The van der Waals surface area contributed by atoms with Crippen LogP contribution < -0.4 is 0 Å². The lowest BCUT2D eigenvalue weighted by atomic mass is 9.46. The van der Waals surface area contributed by atoms with Gasteiger partial charge in [0.15, 0.2) is 0 Å². The molecule has 29 heavy (non-hydrogen) atoms. The summed E-state index contributed by atoms with van der Waals surface area (Å²) in [5.41, 5.74) is 3.02. The summed E-state index contributed by atoms with van der Waals surface area (Å²) in [7, 11) is 0. The first-order chi connectivity index (χ1) is 14.2. The third-order valence-corrected chi connectivity index (χ3v) is 6.03. The topological polar surface area (TPSA) is 43.4 Å². The molecule has 1 saturated carbocycles. The summed E-state index contributed by atoms with van der Waals surface area (Å²) in [6.07, 6.45) is 0.582. The van der Waals surface area contributed by atoms with E-state index in [9.17, 15) is 9.59 Å². The van der Waals surface area contributed by atoms with Crippen LogP contribution in [0.15, 0.2) is 91.0 Å². The molecular formula is C26H24O3. The third kappa shape index (κ3) is 3.27. The van der Waals surface area contributed by atoms with Crippen molar-refractivity contribution in [1.29, 1.82) is 0 Å². The van der Waals surface area contributed by atoms with Crippen LogP contribution in [0.5, 0.6) is 0 Å². The second-order valence-electron chi connectivity index (χ2n) is 7.49. The van der Waals surface area contributed by atoms with E-state index in [1.165, 1.54) is 0 Å². The van der Waals surface area contributed by atoms with Gasteiger partial charge >= 0.3 is 5.97 Å². The normalized spacial score (nSPS) is 19.8. The van der Waals surface area contributed by atoms with E-state index in [2.05, 4.69) is 36.4 Å². The van der Waals surface area contributed by atoms with Gasteiger partial charge in [-0.3, -0.25) is 4.79 Å². The first kappa shape index (κ1) is 19.1. The van der Waals surface area contributed by atoms with Gasteiger partial charge in [0, 0.05) is 17.3 Å². The number of hydrogen-bond donors (Lipinski definition) is 0. The molecule has 2 atom stereocenters. The SMILES string of the molecule is CCOC(=O)C(=O)[C@@H]1CC(c2ccccc2)(c2ccccc2)[C@H]1c1ccccc1. The molecule has 0 spiro atoms. The van der Waals surface area contributed by atoms with Crippen LogP contribution >= 0.6 is 0 Å². The maximum atomic E-state index is 13.0. The van der Waals surface area contributed by atoms with E-state index in [4.69, 9.17) is 4.74 Å². The minimum atomic E-state index is -0.729. The van der Waals surface area contributed by atoms with Crippen molar-refractivity contribution in [3.05, 3.63) is 108 Å². The molecule has 3 aromatic carbocycles. The van der Waals surface area contributed by atoms with Gasteiger partial charge in [0.25, 0.3) is 0 Å². The lowest BCUT2D eigenvalue weighted by molar-refractivity contribution is -0.158. The molecule has 146 valence electrons. The Morgan fingerprint density at radius 2 is 1.31 bits per heavy atom. The Balaban J connectivity index is 1.86. The summed E-state index contributed by atoms with van der Waals surface area (Å²) in [4.78, 5) is 25.2. The van der Waals surface area contributed by atoms with Gasteiger partial charge in [-0.05, 0) is 30.0 Å². The maximum absolute atomic E-state index is 13.0. The predicted molar refractivity (Wildman–Crippen MR) is 113 cm³/mol. The standard InChI is InChI=1S/C26H24O3/c1-2-29-25(28)24(27)22-18-26(20-14-8-4-9-15-20,21-16-10-5-11-17-21)23(22)19-12-6-3-7-13-19/h3-17,22-23H,2,18H2,1H3/t22-,23+/m1/s1. The summed E-state index contributed by atoms with van der Waals surface area (Å²) in [5, 5.41) is 0. The molecule has 0 bridgehead atoms. The molecule has 4 rings (SSSR count). The van der Waals surface area contributed by atoms with Crippen molar-refractivity contribution in [3.63, 3.8) is 0 Å². The summed E-state index contributed by atoms with van der Waals surface area (Å²) in [6, 6.07) is 30.6. The fourth-order valence-electron chi connectivity index (χ4n) is 4.78. The smallest absolute Gasteiger partial charge is 0.374 e. The van der Waals surface area contributed by atoms with Gasteiger partial charge in [0.05, 0.1) is 6.61 Å². The maximum Gasteiger partial charge on any atom is 0.374 e. The van der Waals surface area contributed by atoms with E-state index < -0.39 is 17.7 Å².